The number of halogens is 4. The molecule has 6 nitrogen and oxygen atoms in total. The number of nitrogens with zero attached hydrogens (tertiary/aromatic N) is 4. The van der Waals surface area contributed by atoms with Crippen LogP contribution in [-0.4, -0.2) is 43.4 Å². The van der Waals surface area contributed by atoms with Gasteiger partial charge in [-0.15, -0.1) is 10.2 Å². The van der Waals surface area contributed by atoms with E-state index in [4.69, 9.17) is 0 Å². The number of amides is 1. The van der Waals surface area contributed by atoms with Gasteiger partial charge in [-0.3, -0.25) is 4.79 Å². The van der Waals surface area contributed by atoms with Crippen molar-refractivity contribution in [2.75, 3.05) is 16.4 Å². The molecule has 0 spiro atoms. The molecule has 3 heterocycles. The fourth-order valence-corrected chi connectivity index (χ4v) is 6.73. The molecule has 2 aromatic carbocycles. The normalized spacial score (nSPS) is 20.4. The smallest absolute Gasteiger partial charge is 0.320 e. The average Bonchev–Trinajstić information content (AvgIpc) is 3.42. The molecule has 2 fully saturated rings. The van der Waals surface area contributed by atoms with Crippen LogP contribution in [0.1, 0.15) is 70.5 Å². The van der Waals surface area contributed by atoms with Gasteiger partial charge in [0.2, 0.25) is 0 Å². The molecular formula is C28H29F4N5OS. The number of rotatable bonds is 7. The Hall–Kier alpha value is -2.92. The summed E-state index contributed by atoms with van der Waals surface area (Å²) < 4.78 is 60.1. The third kappa shape index (κ3) is 4.63. The van der Waals surface area contributed by atoms with E-state index in [0.29, 0.717) is 34.1 Å². The highest BCUT2D eigenvalue weighted by Crippen LogP contribution is 2.48. The number of fused-ring (bicyclic) bond motifs is 1. The van der Waals surface area contributed by atoms with Gasteiger partial charge in [-0.25, -0.2) is 4.39 Å². The molecule has 1 aromatic heterocycles. The predicted molar refractivity (Wildman–Crippen MR) is 142 cm³/mol. The molecule has 206 valence electrons. The van der Waals surface area contributed by atoms with Crippen molar-refractivity contribution in [3.05, 3.63) is 76.4 Å². The fraction of sp³-hybridized carbons (Fsp3) is 0.464. The Bertz CT molecular complexity index is 1430. The van der Waals surface area contributed by atoms with Gasteiger partial charge < -0.3 is 14.8 Å². The summed E-state index contributed by atoms with van der Waals surface area (Å²) in [6.07, 6.45) is -0.0493. The molecule has 0 bridgehead atoms. The van der Waals surface area contributed by atoms with Crippen LogP contribution in [0.2, 0.25) is 0 Å². The van der Waals surface area contributed by atoms with E-state index in [1.54, 1.807) is 41.9 Å². The van der Waals surface area contributed by atoms with Crippen LogP contribution in [0.3, 0.4) is 0 Å². The number of hydrogen-bond donors (Lipinski definition) is 1. The highest BCUT2D eigenvalue weighted by molar-refractivity contribution is 8.00. The maximum Gasteiger partial charge on any atom is 0.416 e. The monoisotopic (exact) mass is 559 g/mol. The number of aryl methyl sites for hydroxylation is 1. The molecule has 1 saturated heterocycles. The minimum Gasteiger partial charge on any atom is -0.320 e. The van der Waals surface area contributed by atoms with E-state index >= 15 is 4.39 Å². The quantitative estimate of drug-likeness (QED) is 0.381. The van der Waals surface area contributed by atoms with E-state index < -0.39 is 29.2 Å². The van der Waals surface area contributed by atoms with Crippen molar-refractivity contribution in [2.45, 2.75) is 62.6 Å². The van der Waals surface area contributed by atoms with Crippen molar-refractivity contribution in [1.29, 1.82) is 0 Å². The molecule has 0 radical (unpaired) electrons. The van der Waals surface area contributed by atoms with Crippen LogP contribution >= 0.6 is 11.8 Å². The molecule has 6 rings (SSSR count). The lowest BCUT2D eigenvalue weighted by atomic mass is 9.78. The molecule has 1 unspecified atom stereocenters. The van der Waals surface area contributed by atoms with Crippen molar-refractivity contribution >= 4 is 23.4 Å². The fourth-order valence-electron chi connectivity index (χ4n) is 5.80. The highest BCUT2D eigenvalue weighted by Gasteiger charge is 2.49. The van der Waals surface area contributed by atoms with Crippen molar-refractivity contribution in [2.24, 2.45) is 7.05 Å². The molecule has 1 amide bonds. The number of hydrogen-bond acceptors (Lipinski definition) is 5. The van der Waals surface area contributed by atoms with E-state index in [2.05, 4.69) is 22.4 Å². The van der Waals surface area contributed by atoms with E-state index in [-0.39, 0.29) is 29.8 Å². The minimum atomic E-state index is -4.60. The van der Waals surface area contributed by atoms with Gasteiger partial charge in [0.25, 0.3) is 5.91 Å². The molecule has 1 atom stereocenters. The molecule has 11 heteroatoms. The number of aromatic nitrogens is 3. The zero-order chi connectivity index (χ0) is 27.6. The number of alkyl halides is 4. The first kappa shape index (κ1) is 26.3. The van der Waals surface area contributed by atoms with Crippen molar-refractivity contribution < 1.29 is 22.4 Å². The van der Waals surface area contributed by atoms with Gasteiger partial charge >= 0.3 is 6.18 Å². The maximum atomic E-state index is 15.9. The van der Waals surface area contributed by atoms with Gasteiger partial charge in [-0.1, -0.05) is 12.1 Å². The number of anilines is 1. The summed E-state index contributed by atoms with van der Waals surface area (Å²) in [7, 11) is 1.75. The van der Waals surface area contributed by atoms with Gasteiger partial charge in [0.05, 0.1) is 18.0 Å². The third-order valence-electron chi connectivity index (χ3n) is 8.30. The second kappa shape index (κ2) is 9.33. The second-order valence-corrected chi connectivity index (χ2v) is 12.2. The van der Waals surface area contributed by atoms with Crippen LogP contribution in [0, 0.1) is 0 Å². The average molecular weight is 560 g/mol. The lowest BCUT2D eigenvalue weighted by molar-refractivity contribution is -0.138. The van der Waals surface area contributed by atoms with Crippen LogP contribution in [0.4, 0.5) is 23.2 Å². The summed E-state index contributed by atoms with van der Waals surface area (Å²) in [4.78, 5) is 14.9. The Morgan fingerprint density at radius 3 is 2.54 bits per heavy atom. The van der Waals surface area contributed by atoms with Gasteiger partial charge in [-0.05, 0) is 67.1 Å². The molecule has 1 saturated carbocycles. The van der Waals surface area contributed by atoms with Crippen molar-refractivity contribution in [3.8, 4) is 0 Å². The number of carbonyl (C=O) groups excluding carboxylic acids is 1. The molecule has 3 aliphatic rings. The van der Waals surface area contributed by atoms with Crippen LogP contribution in [-0.2, 0) is 26.3 Å². The van der Waals surface area contributed by atoms with E-state index in [0.717, 1.165) is 25.3 Å². The maximum absolute atomic E-state index is 15.9. The van der Waals surface area contributed by atoms with Gasteiger partial charge in [0, 0.05) is 41.9 Å². The highest BCUT2D eigenvalue weighted by atomic mass is 32.2. The Balaban J connectivity index is 1.34. The van der Waals surface area contributed by atoms with Gasteiger partial charge in [0.15, 0.2) is 0 Å². The summed E-state index contributed by atoms with van der Waals surface area (Å²) in [6, 6.07) is 9.59. The molecule has 39 heavy (non-hydrogen) atoms. The standard InChI is InChI=1S/C28H29F4N5OS/c1-26(7-4-8-26)33-12-17-9-20-21(22(10-17)28(30,31)32)13-37(25(20)38)19-6-3-5-18(11-19)23(27(29)14-39-15-27)24-35-34-16-36(24)2/h3,5-6,9-11,16,23,33H,4,7-8,12-15H2,1-2H3. The first-order chi connectivity index (χ1) is 18.5. The van der Waals surface area contributed by atoms with Crippen LogP contribution in [0.5, 0.6) is 0 Å². The van der Waals surface area contributed by atoms with Crippen LogP contribution in [0.15, 0.2) is 42.7 Å². The van der Waals surface area contributed by atoms with Crippen molar-refractivity contribution in [1.82, 2.24) is 20.1 Å². The Morgan fingerprint density at radius 2 is 1.95 bits per heavy atom. The minimum absolute atomic E-state index is 0.0290. The summed E-state index contributed by atoms with van der Waals surface area (Å²) in [6.45, 7) is 2.11. The van der Waals surface area contributed by atoms with Gasteiger partial charge in [0.1, 0.15) is 17.8 Å². The largest absolute Gasteiger partial charge is 0.416 e. The Morgan fingerprint density at radius 1 is 1.18 bits per heavy atom. The second-order valence-electron chi connectivity index (χ2n) is 11.2. The van der Waals surface area contributed by atoms with E-state index in [1.807, 2.05) is 0 Å². The summed E-state index contributed by atoms with van der Waals surface area (Å²) in [5.41, 5.74) is -0.913. The first-order valence-corrected chi connectivity index (χ1v) is 14.1. The molecule has 3 aromatic rings. The van der Waals surface area contributed by atoms with E-state index in [9.17, 15) is 18.0 Å². The number of carbonyl (C=O) groups is 1. The third-order valence-corrected chi connectivity index (χ3v) is 9.67. The number of thioether (sulfide) groups is 1. The summed E-state index contributed by atoms with van der Waals surface area (Å²) in [5.74, 6) is -0.152. The molecule has 2 aliphatic heterocycles. The predicted octanol–water partition coefficient (Wildman–Crippen LogP) is 5.61. The zero-order valence-corrected chi connectivity index (χ0v) is 22.5. The lowest BCUT2D eigenvalue weighted by Crippen LogP contribution is -2.47. The van der Waals surface area contributed by atoms with Gasteiger partial charge in [-0.2, -0.15) is 24.9 Å². The lowest BCUT2D eigenvalue weighted by Gasteiger charge is -2.40. The van der Waals surface area contributed by atoms with Crippen LogP contribution < -0.4 is 10.2 Å². The Kier molecular flexibility index (Phi) is 6.29. The molecule has 1 aliphatic carbocycles. The van der Waals surface area contributed by atoms with Crippen molar-refractivity contribution in [3.63, 3.8) is 0 Å². The topological polar surface area (TPSA) is 63.1 Å². The van der Waals surface area contributed by atoms with E-state index in [1.165, 1.54) is 23.0 Å². The summed E-state index contributed by atoms with van der Waals surface area (Å²) >= 11 is 1.50. The molecule has 1 N–H and O–H groups in total. The van der Waals surface area contributed by atoms with Crippen LogP contribution in [0.25, 0.3) is 0 Å². The number of benzene rings is 2. The molecular weight excluding hydrogens is 530 g/mol. The number of nitrogens with one attached hydrogen (secondary N) is 1. The summed E-state index contributed by atoms with van der Waals surface area (Å²) in [5, 5.41) is 11.4. The first-order valence-electron chi connectivity index (χ1n) is 13.0. The SMILES string of the molecule is Cn1cnnc1C(c1cccc(N2Cc3c(cc(CNC4(C)CCC4)cc3C(F)(F)F)C2=O)c1)C1(F)CSC1. The zero-order valence-electron chi connectivity index (χ0n) is 21.7. The Labute approximate surface area is 228 Å².